The molecule has 108 valence electrons. The number of carboxylic acid groups (broad SMARTS) is 1. The molecule has 0 bridgehead atoms. The summed E-state index contributed by atoms with van der Waals surface area (Å²) in [6.45, 7) is 0.968. The Bertz CT molecular complexity index is 348. The van der Waals surface area contributed by atoms with Crippen molar-refractivity contribution in [2.45, 2.75) is 31.7 Å². The number of hydrogen-bond acceptors (Lipinski definition) is 4. The SMILES string of the molecule is NCC1CCCCC1C(=O)NC1COCC1C(=O)O. The van der Waals surface area contributed by atoms with E-state index in [0.29, 0.717) is 6.54 Å². The van der Waals surface area contributed by atoms with Crippen LogP contribution in [0, 0.1) is 17.8 Å². The quantitative estimate of drug-likeness (QED) is 0.665. The fraction of sp³-hybridized carbons (Fsp3) is 0.846. The normalized spacial score (nSPS) is 35.0. The topological polar surface area (TPSA) is 102 Å². The smallest absolute Gasteiger partial charge is 0.311 e. The second-order valence-electron chi connectivity index (χ2n) is 5.48. The van der Waals surface area contributed by atoms with Gasteiger partial charge in [-0.1, -0.05) is 12.8 Å². The minimum absolute atomic E-state index is 0.0584. The summed E-state index contributed by atoms with van der Waals surface area (Å²) in [6, 6.07) is -0.412. The van der Waals surface area contributed by atoms with Crippen LogP contribution in [0.1, 0.15) is 25.7 Å². The van der Waals surface area contributed by atoms with Gasteiger partial charge < -0.3 is 20.9 Å². The molecule has 1 aliphatic heterocycles. The molecule has 0 aromatic carbocycles. The Morgan fingerprint density at radius 3 is 2.63 bits per heavy atom. The van der Waals surface area contributed by atoms with E-state index in [1.165, 1.54) is 0 Å². The molecule has 2 rings (SSSR count). The van der Waals surface area contributed by atoms with Crippen LogP contribution in [-0.2, 0) is 14.3 Å². The number of carbonyl (C=O) groups excluding carboxylic acids is 1. The van der Waals surface area contributed by atoms with Gasteiger partial charge >= 0.3 is 5.97 Å². The lowest BCUT2D eigenvalue weighted by atomic mass is 9.78. The van der Waals surface area contributed by atoms with Crippen LogP contribution >= 0.6 is 0 Å². The van der Waals surface area contributed by atoms with Gasteiger partial charge in [-0.2, -0.15) is 0 Å². The van der Waals surface area contributed by atoms with Crippen LogP contribution in [0.5, 0.6) is 0 Å². The van der Waals surface area contributed by atoms with Crippen molar-refractivity contribution in [2.24, 2.45) is 23.5 Å². The van der Waals surface area contributed by atoms with Crippen molar-refractivity contribution in [1.82, 2.24) is 5.32 Å². The molecule has 1 saturated carbocycles. The van der Waals surface area contributed by atoms with Crippen LogP contribution in [-0.4, -0.2) is 42.8 Å². The summed E-state index contributed by atoms with van der Waals surface area (Å²) in [4.78, 5) is 23.3. The maximum atomic E-state index is 12.3. The Balaban J connectivity index is 1.94. The molecule has 4 atom stereocenters. The van der Waals surface area contributed by atoms with E-state index in [4.69, 9.17) is 15.6 Å². The molecular formula is C13H22N2O4. The molecule has 0 radical (unpaired) electrons. The number of hydrogen-bond donors (Lipinski definition) is 3. The highest BCUT2D eigenvalue weighted by atomic mass is 16.5. The van der Waals surface area contributed by atoms with Gasteiger partial charge in [0.1, 0.15) is 5.92 Å². The zero-order valence-corrected chi connectivity index (χ0v) is 11.0. The number of rotatable bonds is 4. The van der Waals surface area contributed by atoms with E-state index in [9.17, 15) is 9.59 Å². The summed E-state index contributed by atoms with van der Waals surface area (Å²) in [5.41, 5.74) is 5.72. The number of amides is 1. The summed E-state index contributed by atoms with van der Waals surface area (Å²) in [5.74, 6) is -1.46. The summed E-state index contributed by atoms with van der Waals surface area (Å²) in [6.07, 6.45) is 3.99. The first-order valence-electron chi connectivity index (χ1n) is 6.94. The zero-order valence-electron chi connectivity index (χ0n) is 11.0. The fourth-order valence-corrected chi connectivity index (χ4v) is 3.06. The lowest BCUT2D eigenvalue weighted by Crippen LogP contribution is -2.47. The molecule has 2 aliphatic rings. The Labute approximate surface area is 112 Å². The van der Waals surface area contributed by atoms with Gasteiger partial charge in [0.15, 0.2) is 0 Å². The second-order valence-corrected chi connectivity index (χ2v) is 5.48. The Morgan fingerprint density at radius 1 is 1.21 bits per heavy atom. The number of aliphatic carboxylic acids is 1. The van der Waals surface area contributed by atoms with Crippen molar-refractivity contribution in [2.75, 3.05) is 19.8 Å². The largest absolute Gasteiger partial charge is 0.481 e. The number of nitrogens with two attached hydrogens (primary N) is 1. The predicted octanol–water partition coefficient (Wildman–Crippen LogP) is -0.0327. The molecule has 0 aromatic heterocycles. The molecule has 19 heavy (non-hydrogen) atoms. The third kappa shape index (κ3) is 3.25. The molecule has 4 unspecified atom stereocenters. The van der Waals surface area contributed by atoms with Gasteiger partial charge in [-0.25, -0.2) is 0 Å². The molecule has 1 saturated heterocycles. The molecule has 1 amide bonds. The van der Waals surface area contributed by atoms with Gasteiger partial charge in [0.2, 0.25) is 5.91 Å². The molecule has 4 N–H and O–H groups in total. The molecule has 1 heterocycles. The molecule has 6 nitrogen and oxygen atoms in total. The highest BCUT2D eigenvalue weighted by Crippen LogP contribution is 2.30. The Hall–Kier alpha value is -1.14. The van der Waals surface area contributed by atoms with Crippen molar-refractivity contribution < 1.29 is 19.4 Å². The third-order valence-corrected chi connectivity index (χ3v) is 4.27. The highest BCUT2D eigenvalue weighted by molar-refractivity contribution is 5.81. The molecule has 0 aromatic rings. The van der Waals surface area contributed by atoms with Crippen LogP contribution in [0.3, 0.4) is 0 Å². The van der Waals surface area contributed by atoms with E-state index in [0.717, 1.165) is 25.7 Å². The highest BCUT2D eigenvalue weighted by Gasteiger charge is 2.37. The second kappa shape index (κ2) is 6.34. The van der Waals surface area contributed by atoms with Crippen LogP contribution in [0.15, 0.2) is 0 Å². The standard InChI is InChI=1S/C13H22N2O4/c14-5-8-3-1-2-4-9(8)12(16)15-11-7-19-6-10(11)13(17)18/h8-11H,1-7,14H2,(H,15,16)(H,17,18). The summed E-state index contributed by atoms with van der Waals surface area (Å²) >= 11 is 0. The lowest BCUT2D eigenvalue weighted by Gasteiger charge is -2.30. The van der Waals surface area contributed by atoms with Gasteiger partial charge in [-0.05, 0) is 25.3 Å². The van der Waals surface area contributed by atoms with Crippen LogP contribution in [0.4, 0.5) is 0 Å². The van der Waals surface area contributed by atoms with Crippen LogP contribution < -0.4 is 11.1 Å². The first-order chi connectivity index (χ1) is 9.13. The summed E-state index contributed by atoms with van der Waals surface area (Å²) in [7, 11) is 0. The Morgan fingerprint density at radius 2 is 1.95 bits per heavy atom. The van der Waals surface area contributed by atoms with Crippen LogP contribution in [0.2, 0.25) is 0 Å². The molecule has 6 heteroatoms. The van der Waals surface area contributed by atoms with Crippen molar-refractivity contribution in [1.29, 1.82) is 0 Å². The third-order valence-electron chi connectivity index (χ3n) is 4.27. The number of carbonyl (C=O) groups is 2. The van der Waals surface area contributed by atoms with E-state index in [2.05, 4.69) is 5.32 Å². The van der Waals surface area contributed by atoms with Crippen molar-refractivity contribution in [3.63, 3.8) is 0 Å². The minimum atomic E-state index is -0.915. The summed E-state index contributed by atoms with van der Waals surface area (Å²) < 4.78 is 5.15. The van der Waals surface area contributed by atoms with Gasteiger partial charge in [0, 0.05) is 5.92 Å². The lowest BCUT2D eigenvalue weighted by molar-refractivity contribution is -0.142. The number of carboxylic acids is 1. The monoisotopic (exact) mass is 270 g/mol. The van der Waals surface area contributed by atoms with E-state index in [1.807, 2.05) is 0 Å². The molecule has 1 aliphatic carbocycles. The first kappa shape index (κ1) is 14.3. The van der Waals surface area contributed by atoms with Crippen LogP contribution in [0.25, 0.3) is 0 Å². The maximum Gasteiger partial charge on any atom is 0.311 e. The number of ether oxygens (including phenoxy) is 1. The van der Waals surface area contributed by atoms with Crippen molar-refractivity contribution in [3.8, 4) is 0 Å². The van der Waals surface area contributed by atoms with E-state index >= 15 is 0 Å². The molecule has 0 spiro atoms. The van der Waals surface area contributed by atoms with Crippen molar-refractivity contribution >= 4 is 11.9 Å². The van der Waals surface area contributed by atoms with Gasteiger partial charge in [-0.3, -0.25) is 9.59 Å². The Kier molecular flexibility index (Phi) is 4.76. The van der Waals surface area contributed by atoms with Gasteiger partial charge in [0.05, 0.1) is 19.3 Å². The molecule has 2 fully saturated rings. The zero-order chi connectivity index (χ0) is 13.8. The average molecular weight is 270 g/mol. The minimum Gasteiger partial charge on any atom is -0.481 e. The summed E-state index contributed by atoms with van der Waals surface area (Å²) in [5, 5.41) is 11.9. The number of nitrogens with one attached hydrogen (secondary N) is 1. The predicted molar refractivity (Wildman–Crippen MR) is 68.4 cm³/mol. The van der Waals surface area contributed by atoms with Gasteiger partial charge in [0.25, 0.3) is 0 Å². The fourth-order valence-electron chi connectivity index (χ4n) is 3.06. The van der Waals surface area contributed by atoms with E-state index in [-0.39, 0.29) is 31.0 Å². The average Bonchev–Trinajstić information content (AvgIpc) is 2.87. The van der Waals surface area contributed by atoms with E-state index in [1.54, 1.807) is 0 Å². The van der Waals surface area contributed by atoms with Gasteiger partial charge in [-0.15, -0.1) is 0 Å². The maximum absolute atomic E-state index is 12.3. The van der Waals surface area contributed by atoms with E-state index < -0.39 is 17.9 Å². The molecular weight excluding hydrogens is 248 g/mol. The first-order valence-corrected chi connectivity index (χ1v) is 6.94. The van der Waals surface area contributed by atoms with Crippen molar-refractivity contribution in [3.05, 3.63) is 0 Å².